The first-order valence-electron chi connectivity index (χ1n) is 8.82. The summed E-state index contributed by atoms with van der Waals surface area (Å²) in [6.07, 6.45) is -0.576. The van der Waals surface area contributed by atoms with E-state index in [0.29, 0.717) is 5.69 Å². The van der Waals surface area contributed by atoms with Crippen molar-refractivity contribution in [2.24, 2.45) is 5.92 Å². The zero-order chi connectivity index (χ0) is 20.1. The summed E-state index contributed by atoms with van der Waals surface area (Å²) < 4.78 is 0. The second-order valence-corrected chi connectivity index (χ2v) is 6.99. The van der Waals surface area contributed by atoms with Crippen molar-refractivity contribution in [2.45, 2.75) is 45.3 Å². The number of hydrogen-bond donors (Lipinski definition) is 6. The maximum atomic E-state index is 12.4. The highest BCUT2D eigenvalue weighted by molar-refractivity contribution is 5.98. The minimum atomic E-state index is -1.30. The van der Waals surface area contributed by atoms with Crippen LogP contribution in [0.1, 0.15) is 26.3 Å². The predicted octanol–water partition coefficient (Wildman–Crippen LogP) is 0.751. The van der Waals surface area contributed by atoms with Crippen LogP contribution in [0.15, 0.2) is 18.2 Å². The molecule has 1 heterocycles. The standard InChI is InChI=1S/C18H26N4O5/c1-9(2)15(22-18(26)27)17(25)19-10(3)16(24)21-12-5-4-11-6-13(8-23)20-14(11)7-12/h4-5,7,9-10,13,15,20,22-23H,6,8H2,1-3H3,(H,19,25)(H,21,24)(H,26,27)/t10-,13-,15-/m0/s1. The molecule has 148 valence electrons. The van der Waals surface area contributed by atoms with Gasteiger partial charge in [0.25, 0.3) is 0 Å². The number of amides is 3. The Balaban J connectivity index is 1.96. The smallest absolute Gasteiger partial charge is 0.405 e. The fourth-order valence-corrected chi connectivity index (χ4v) is 2.90. The van der Waals surface area contributed by atoms with Gasteiger partial charge in [0.1, 0.15) is 12.1 Å². The molecular formula is C18H26N4O5. The Kier molecular flexibility index (Phi) is 6.62. The fraction of sp³-hybridized carbons (Fsp3) is 0.500. The maximum Gasteiger partial charge on any atom is 0.405 e. The molecule has 0 spiro atoms. The summed E-state index contributed by atoms with van der Waals surface area (Å²) in [5, 5.41) is 28.7. The van der Waals surface area contributed by atoms with Crippen molar-refractivity contribution >= 4 is 29.3 Å². The maximum absolute atomic E-state index is 12.4. The number of anilines is 2. The van der Waals surface area contributed by atoms with E-state index in [2.05, 4.69) is 21.3 Å². The van der Waals surface area contributed by atoms with Gasteiger partial charge in [-0.1, -0.05) is 19.9 Å². The number of carbonyl (C=O) groups is 3. The average Bonchev–Trinajstić information content (AvgIpc) is 3.01. The molecule has 0 bridgehead atoms. The SMILES string of the molecule is CC(C)[C@H](NC(=O)O)C(=O)N[C@@H](C)C(=O)Nc1ccc2c(c1)N[C@H](CO)C2. The topological polar surface area (TPSA) is 140 Å². The van der Waals surface area contributed by atoms with E-state index in [0.717, 1.165) is 17.7 Å². The number of benzene rings is 1. The molecule has 0 aliphatic carbocycles. The van der Waals surface area contributed by atoms with E-state index in [1.54, 1.807) is 26.0 Å². The zero-order valence-corrected chi connectivity index (χ0v) is 15.6. The Morgan fingerprint density at radius 3 is 2.48 bits per heavy atom. The van der Waals surface area contributed by atoms with Crippen molar-refractivity contribution in [3.8, 4) is 0 Å². The van der Waals surface area contributed by atoms with Crippen LogP contribution in [0.4, 0.5) is 16.2 Å². The molecule has 9 nitrogen and oxygen atoms in total. The highest BCUT2D eigenvalue weighted by Crippen LogP contribution is 2.28. The van der Waals surface area contributed by atoms with Crippen LogP contribution in [-0.2, 0) is 16.0 Å². The van der Waals surface area contributed by atoms with Gasteiger partial charge in [-0.15, -0.1) is 0 Å². The minimum absolute atomic E-state index is 0.0286. The second-order valence-electron chi connectivity index (χ2n) is 6.99. The molecule has 1 aliphatic heterocycles. The first kappa shape index (κ1) is 20.5. The number of fused-ring (bicyclic) bond motifs is 1. The van der Waals surface area contributed by atoms with Gasteiger partial charge in [-0.3, -0.25) is 9.59 Å². The quantitative estimate of drug-likeness (QED) is 0.414. The number of aliphatic hydroxyl groups is 1. The number of carboxylic acid groups (broad SMARTS) is 1. The van der Waals surface area contributed by atoms with Crippen LogP contribution < -0.4 is 21.3 Å². The highest BCUT2D eigenvalue weighted by atomic mass is 16.4. The number of hydrogen-bond acceptors (Lipinski definition) is 5. The second kappa shape index (κ2) is 8.72. The predicted molar refractivity (Wildman–Crippen MR) is 101 cm³/mol. The Bertz CT molecular complexity index is 722. The lowest BCUT2D eigenvalue weighted by Crippen LogP contribution is -2.53. The monoisotopic (exact) mass is 378 g/mol. The molecule has 0 unspecified atom stereocenters. The van der Waals surface area contributed by atoms with Crippen molar-refractivity contribution in [3.63, 3.8) is 0 Å². The molecule has 0 aromatic heterocycles. The van der Waals surface area contributed by atoms with Crippen LogP contribution in [-0.4, -0.2) is 52.9 Å². The third-order valence-electron chi connectivity index (χ3n) is 4.40. The summed E-state index contributed by atoms with van der Waals surface area (Å²) in [5.74, 6) is -1.24. The van der Waals surface area contributed by atoms with E-state index in [4.69, 9.17) is 5.11 Å². The van der Waals surface area contributed by atoms with Gasteiger partial charge in [0, 0.05) is 11.4 Å². The molecule has 27 heavy (non-hydrogen) atoms. The lowest BCUT2D eigenvalue weighted by atomic mass is 10.0. The Morgan fingerprint density at radius 2 is 1.89 bits per heavy atom. The summed E-state index contributed by atoms with van der Waals surface area (Å²) in [5.41, 5.74) is 2.48. The van der Waals surface area contributed by atoms with E-state index in [1.807, 2.05) is 6.07 Å². The van der Waals surface area contributed by atoms with E-state index in [9.17, 15) is 19.5 Å². The van der Waals surface area contributed by atoms with Gasteiger partial charge in [-0.05, 0) is 37.0 Å². The van der Waals surface area contributed by atoms with Gasteiger partial charge >= 0.3 is 6.09 Å². The van der Waals surface area contributed by atoms with E-state index < -0.39 is 30.0 Å². The normalized spacial score (nSPS) is 17.4. The van der Waals surface area contributed by atoms with Crippen molar-refractivity contribution < 1.29 is 24.6 Å². The van der Waals surface area contributed by atoms with Gasteiger partial charge in [0.05, 0.1) is 12.6 Å². The summed E-state index contributed by atoms with van der Waals surface area (Å²) in [6, 6.07) is 3.59. The van der Waals surface area contributed by atoms with E-state index in [1.165, 1.54) is 6.92 Å². The third kappa shape index (κ3) is 5.33. The van der Waals surface area contributed by atoms with E-state index in [-0.39, 0.29) is 18.6 Å². The average molecular weight is 378 g/mol. The van der Waals surface area contributed by atoms with Crippen molar-refractivity contribution in [3.05, 3.63) is 23.8 Å². The number of rotatable bonds is 7. The third-order valence-corrected chi connectivity index (χ3v) is 4.40. The molecule has 3 atom stereocenters. The molecule has 2 rings (SSSR count). The van der Waals surface area contributed by atoms with Gasteiger partial charge < -0.3 is 31.5 Å². The van der Waals surface area contributed by atoms with Crippen LogP contribution in [0.25, 0.3) is 0 Å². The van der Waals surface area contributed by atoms with Gasteiger partial charge in [-0.25, -0.2) is 4.79 Å². The van der Waals surface area contributed by atoms with Crippen LogP contribution in [0.2, 0.25) is 0 Å². The van der Waals surface area contributed by atoms with Crippen molar-refractivity contribution in [1.29, 1.82) is 0 Å². The minimum Gasteiger partial charge on any atom is -0.465 e. The number of nitrogens with one attached hydrogen (secondary N) is 4. The van der Waals surface area contributed by atoms with Gasteiger partial charge in [0.2, 0.25) is 11.8 Å². The summed E-state index contributed by atoms with van der Waals surface area (Å²) in [4.78, 5) is 35.4. The Morgan fingerprint density at radius 1 is 1.19 bits per heavy atom. The fourth-order valence-electron chi connectivity index (χ4n) is 2.90. The van der Waals surface area contributed by atoms with Crippen molar-refractivity contribution in [2.75, 3.05) is 17.2 Å². The molecule has 1 aliphatic rings. The Labute approximate surface area is 157 Å². The highest BCUT2D eigenvalue weighted by Gasteiger charge is 2.27. The molecule has 6 N–H and O–H groups in total. The first-order chi connectivity index (χ1) is 12.7. The molecular weight excluding hydrogens is 352 g/mol. The van der Waals surface area contributed by atoms with E-state index >= 15 is 0 Å². The molecule has 0 saturated heterocycles. The Hall–Kier alpha value is -2.81. The summed E-state index contributed by atoms with van der Waals surface area (Å²) in [7, 11) is 0. The lowest BCUT2D eigenvalue weighted by Gasteiger charge is -2.22. The van der Waals surface area contributed by atoms with Crippen LogP contribution in [0.5, 0.6) is 0 Å². The number of carbonyl (C=O) groups excluding carboxylic acids is 2. The van der Waals surface area contributed by atoms with Crippen molar-refractivity contribution in [1.82, 2.24) is 10.6 Å². The van der Waals surface area contributed by atoms with Crippen LogP contribution in [0.3, 0.4) is 0 Å². The largest absolute Gasteiger partial charge is 0.465 e. The molecule has 0 saturated carbocycles. The number of aliphatic hydroxyl groups excluding tert-OH is 1. The first-order valence-corrected chi connectivity index (χ1v) is 8.82. The molecule has 0 radical (unpaired) electrons. The molecule has 1 aromatic carbocycles. The molecule has 0 fully saturated rings. The lowest BCUT2D eigenvalue weighted by molar-refractivity contribution is -0.128. The van der Waals surface area contributed by atoms with Gasteiger partial charge in [-0.2, -0.15) is 0 Å². The molecule has 1 aromatic rings. The van der Waals surface area contributed by atoms with Crippen LogP contribution in [0, 0.1) is 5.92 Å². The zero-order valence-electron chi connectivity index (χ0n) is 15.6. The molecule has 3 amide bonds. The van der Waals surface area contributed by atoms with Gasteiger partial charge in [0.15, 0.2) is 0 Å². The molecule has 9 heteroatoms. The van der Waals surface area contributed by atoms with Crippen LogP contribution >= 0.6 is 0 Å². The summed E-state index contributed by atoms with van der Waals surface area (Å²) >= 11 is 0. The summed E-state index contributed by atoms with van der Waals surface area (Å²) in [6.45, 7) is 4.98.